The van der Waals surface area contributed by atoms with E-state index in [1.54, 1.807) is 0 Å². The van der Waals surface area contributed by atoms with Gasteiger partial charge in [-0.2, -0.15) is 0 Å². The first kappa shape index (κ1) is 15.9. The van der Waals surface area contributed by atoms with Crippen molar-refractivity contribution in [3.63, 3.8) is 0 Å². The molecule has 0 aromatic carbocycles. The summed E-state index contributed by atoms with van der Waals surface area (Å²) in [5, 5.41) is 13.1. The number of alkyl halides is 1. The Kier molecular flexibility index (Phi) is 5.21. The monoisotopic (exact) mass is 281 g/mol. The van der Waals surface area contributed by atoms with Crippen molar-refractivity contribution in [2.24, 2.45) is 0 Å². The summed E-state index contributed by atoms with van der Waals surface area (Å²) in [7, 11) is -2.32. The van der Waals surface area contributed by atoms with Crippen molar-refractivity contribution in [2.75, 3.05) is 13.3 Å². The second-order valence-corrected chi connectivity index (χ2v) is 6.72. The SMILES string of the molecule is CC1(C)CC(O[P+](=O)OCCF)CC(C)(C)N1[O]. The minimum atomic E-state index is -2.32. The van der Waals surface area contributed by atoms with Crippen molar-refractivity contribution in [1.29, 1.82) is 0 Å². The molecular formula is C11H21FNO4P+. The molecule has 1 radical (unpaired) electrons. The van der Waals surface area contributed by atoms with E-state index < -0.39 is 26.0 Å². The Balaban J connectivity index is 2.61. The van der Waals surface area contributed by atoms with E-state index in [9.17, 15) is 14.2 Å². The Morgan fingerprint density at radius 1 is 1.28 bits per heavy atom. The van der Waals surface area contributed by atoms with Gasteiger partial charge >= 0.3 is 8.25 Å². The molecule has 0 aliphatic carbocycles. The highest BCUT2D eigenvalue weighted by molar-refractivity contribution is 7.33. The first-order valence-corrected chi connectivity index (χ1v) is 7.09. The molecule has 105 valence electrons. The number of halogens is 1. The summed E-state index contributed by atoms with van der Waals surface area (Å²) in [6.45, 7) is 6.38. The van der Waals surface area contributed by atoms with Crippen molar-refractivity contribution >= 4 is 8.25 Å². The first-order chi connectivity index (χ1) is 8.19. The molecule has 1 saturated heterocycles. The van der Waals surface area contributed by atoms with Gasteiger partial charge in [-0.15, -0.1) is 19.3 Å². The van der Waals surface area contributed by atoms with Crippen molar-refractivity contribution < 1.29 is 23.2 Å². The number of hydrogen-bond acceptors (Lipinski definition) is 4. The van der Waals surface area contributed by atoms with Gasteiger partial charge in [-0.25, -0.2) is 4.39 Å². The minimum absolute atomic E-state index is 0.234. The van der Waals surface area contributed by atoms with E-state index in [4.69, 9.17) is 4.52 Å². The molecule has 7 heteroatoms. The third kappa shape index (κ3) is 3.93. The summed E-state index contributed by atoms with van der Waals surface area (Å²) in [5.74, 6) is 0. The van der Waals surface area contributed by atoms with Crippen molar-refractivity contribution in [2.45, 2.75) is 57.7 Å². The van der Waals surface area contributed by atoms with Crippen LogP contribution in [-0.2, 0) is 18.8 Å². The number of hydrogen-bond donors (Lipinski definition) is 0. The van der Waals surface area contributed by atoms with Gasteiger partial charge in [0.2, 0.25) is 0 Å². The zero-order valence-electron chi connectivity index (χ0n) is 11.3. The lowest BCUT2D eigenvalue weighted by Gasteiger charge is -2.48. The van der Waals surface area contributed by atoms with Gasteiger partial charge in [-0.3, -0.25) is 0 Å². The van der Waals surface area contributed by atoms with Crippen LogP contribution in [0.2, 0.25) is 0 Å². The number of piperidine rings is 1. The summed E-state index contributed by atoms with van der Waals surface area (Å²) in [6.07, 6.45) is 0.628. The molecule has 0 saturated carbocycles. The Bertz CT molecular complexity index is 293. The normalized spacial score (nSPS) is 25.1. The van der Waals surface area contributed by atoms with Crippen LogP contribution < -0.4 is 0 Å². The van der Waals surface area contributed by atoms with Crippen LogP contribution in [0.3, 0.4) is 0 Å². The van der Waals surface area contributed by atoms with Gasteiger partial charge in [0.05, 0.1) is 0 Å². The second-order valence-electron chi connectivity index (χ2n) is 5.80. The average Bonchev–Trinajstić information content (AvgIpc) is 2.22. The lowest BCUT2D eigenvalue weighted by atomic mass is 9.80. The molecule has 0 aromatic heterocycles. The van der Waals surface area contributed by atoms with E-state index in [1.807, 2.05) is 27.7 Å². The van der Waals surface area contributed by atoms with E-state index in [0.29, 0.717) is 12.8 Å². The summed E-state index contributed by atoms with van der Waals surface area (Å²) in [4.78, 5) is 0. The molecule has 0 aromatic rings. The maximum absolute atomic E-state index is 12.1. The van der Waals surface area contributed by atoms with Crippen LogP contribution in [0.1, 0.15) is 40.5 Å². The van der Waals surface area contributed by atoms with E-state index in [1.165, 1.54) is 0 Å². The molecule has 1 rings (SSSR count). The topological polar surface area (TPSA) is 58.7 Å². The fourth-order valence-electron chi connectivity index (χ4n) is 2.51. The molecule has 1 unspecified atom stereocenters. The fourth-order valence-corrected chi connectivity index (χ4v) is 3.18. The maximum Gasteiger partial charge on any atom is 0.697 e. The highest BCUT2D eigenvalue weighted by atomic mass is 31.1. The number of hydroxylamine groups is 2. The van der Waals surface area contributed by atoms with Gasteiger partial charge in [-0.1, -0.05) is 0 Å². The standard InChI is InChI=1S/C11H21FNO4P/c1-10(2)7-9(8-11(3,4)13(10)14)17-18(15)16-6-5-12/h9H,5-8H2,1-4H3/q+1. The van der Waals surface area contributed by atoms with Crippen LogP contribution in [0.4, 0.5) is 4.39 Å². The van der Waals surface area contributed by atoms with Crippen molar-refractivity contribution in [3.05, 3.63) is 0 Å². The number of rotatable bonds is 5. The van der Waals surface area contributed by atoms with Crippen LogP contribution in [0.25, 0.3) is 0 Å². The molecule has 1 fully saturated rings. The minimum Gasteiger partial charge on any atom is -0.248 e. The molecule has 1 aliphatic heterocycles. The van der Waals surface area contributed by atoms with Crippen LogP contribution >= 0.6 is 8.25 Å². The first-order valence-electron chi connectivity index (χ1n) is 5.99. The summed E-state index contributed by atoms with van der Waals surface area (Å²) in [5.41, 5.74) is -1.16. The van der Waals surface area contributed by atoms with E-state index in [-0.39, 0.29) is 12.7 Å². The van der Waals surface area contributed by atoms with Crippen LogP contribution in [0, 0.1) is 0 Å². The summed E-state index contributed by atoms with van der Waals surface area (Å²) < 4.78 is 33.2. The van der Waals surface area contributed by atoms with Crippen LogP contribution in [-0.4, -0.2) is 35.5 Å². The molecule has 0 bridgehead atoms. The Morgan fingerprint density at radius 2 is 1.78 bits per heavy atom. The van der Waals surface area contributed by atoms with Crippen molar-refractivity contribution in [3.8, 4) is 0 Å². The quantitative estimate of drug-likeness (QED) is 0.727. The Hall–Kier alpha value is -0.130. The van der Waals surface area contributed by atoms with Gasteiger partial charge < -0.3 is 0 Å². The molecule has 0 amide bonds. The predicted octanol–water partition coefficient (Wildman–Crippen LogP) is 3.01. The third-order valence-electron chi connectivity index (χ3n) is 3.06. The van der Waals surface area contributed by atoms with Crippen LogP contribution in [0.5, 0.6) is 0 Å². The molecule has 0 spiro atoms. The molecule has 18 heavy (non-hydrogen) atoms. The average molecular weight is 281 g/mol. The zero-order valence-corrected chi connectivity index (χ0v) is 12.2. The molecule has 1 aliphatic rings. The van der Waals surface area contributed by atoms with Crippen LogP contribution in [0.15, 0.2) is 0 Å². The maximum atomic E-state index is 12.1. The lowest BCUT2D eigenvalue weighted by molar-refractivity contribution is -0.296. The van der Waals surface area contributed by atoms with Gasteiger partial charge in [0.1, 0.15) is 19.4 Å². The van der Waals surface area contributed by atoms with E-state index in [0.717, 1.165) is 5.06 Å². The molecule has 1 atom stereocenters. The second kappa shape index (κ2) is 5.88. The molecular weight excluding hydrogens is 260 g/mol. The number of nitrogens with zero attached hydrogens (tertiary/aromatic N) is 1. The predicted molar refractivity (Wildman–Crippen MR) is 64.3 cm³/mol. The van der Waals surface area contributed by atoms with Crippen molar-refractivity contribution in [1.82, 2.24) is 5.06 Å². The largest absolute Gasteiger partial charge is 0.697 e. The van der Waals surface area contributed by atoms with E-state index in [2.05, 4.69) is 4.52 Å². The Labute approximate surface area is 108 Å². The zero-order chi connectivity index (χ0) is 14.0. The van der Waals surface area contributed by atoms with Gasteiger partial charge in [-0.05, 0) is 40.5 Å². The molecule has 0 N–H and O–H groups in total. The smallest absolute Gasteiger partial charge is 0.248 e. The third-order valence-corrected chi connectivity index (χ3v) is 3.93. The Morgan fingerprint density at radius 3 is 2.22 bits per heavy atom. The summed E-state index contributed by atoms with van der Waals surface area (Å²) in [6, 6.07) is 0. The fraction of sp³-hybridized carbons (Fsp3) is 1.00. The molecule has 5 nitrogen and oxygen atoms in total. The highest BCUT2D eigenvalue weighted by Gasteiger charge is 2.49. The lowest BCUT2D eigenvalue weighted by Crippen LogP contribution is -2.59. The summed E-state index contributed by atoms with van der Waals surface area (Å²) >= 11 is 0. The van der Waals surface area contributed by atoms with Gasteiger partial charge in [0.25, 0.3) is 0 Å². The van der Waals surface area contributed by atoms with Gasteiger partial charge in [0, 0.05) is 15.6 Å². The van der Waals surface area contributed by atoms with E-state index >= 15 is 0 Å². The highest BCUT2D eigenvalue weighted by Crippen LogP contribution is 2.41. The van der Waals surface area contributed by atoms with Gasteiger partial charge in [0.15, 0.2) is 0 Å². The molecule has 1 heterocycles.